The van der Waals surface area contributed by atoms with Crippen LogP contribution in [0.1, 0.15) is 18.1 Å². The van der Waals surface area contributed by atoms with E-state index < -0.39 is 0 Å². The van der Waals surface area contributed by atoms with Gasteiger partial charge in [-0.15, -0.1) is 0 Å². The van der Waals surface area contributed by atoms with Crippen molar-refractivity contribution in [3.8, 4) is 5.75 Å². The van der Waals surface area contributed by atoms with E-state index in [1.54, 1.807) is 7.11 Å². The van der Waals surface area contributed by atoms with Gasteiger partial charge in [0.1, 0.15) is 5.75 Å². The van der Waals surface area contributed by atoms with Crippen LogP contribution in [0.5, 0.6) is 5.75 Å². The number of carbonyl (C=O) groups is 1. The molecule has 0 saturated carbocycles. The Morgan fingerprint density at radius 1 is 1.04 bits per heavy atom. The number of hydrogen-bond acceptors (Lipinski definition) is 4. The van der Waals surface area contributed by atoms with E-state index >= 15 is 0 Å². The summed E-state index contributed by atoms with van der Waals surface area (Å²) in [6.07, 6.45) is 0. The van der Waals surface area contributed by atoms with Crippen LogP contribution in [0.25, 0.3) is 0 Å². The monoisotopic (exact) mass is 381 g/mol. The molecule has 0 aromatic heterocycles. The molecule has 1 heterocycles. The Labute approximate surface area is 168 Å². The van der Waals surface area contributed by atoms with Gasteiger partial charge in [-0.2, -0.15) is 0 Å². The second kappa shape index (κ2) is 9.71. The summed E-state index contributed by atoms with van der Waals surface area (Å²) in [6, 6.07) is 18.4. The molecule has 0 radical (unpaired) electrons. The van der Waals surface area contributed by atoms with E-state index in [1.807, 2.05) is 43.1 Å². The van der Waals surface area contributed by atoms with Crippen molar-refractivity contribution in [2.24, 2.45) is 0 Å². The molecule has 5 heteroatoms. The van der Waals surface area contributed by atoms with Gasteiger partial charge in [0.05, 0.1) is 13.2 Å². The second-order valence-electron chi connectivity index (χ2n) is 7.53. The average molecular weight is 382 g/mol. The standard InChI is InChI=1S/C23H31N3O2/c1-19(24(2)17-21-10-7-11-22(16-21)28-3)23(27)26-14-12-25(13-15-26)18-20-8-5-4-6-9-20/h4-11,16,19H,12-15,17-18H2,1-3H3/t19-/m1/s1. The molecular formula is C23H31N3O2. The van der Waals surface area contributed by atoms with Crippen molar-refractivity contribution in [2.45, 2.75) is 26.1 Å². The molecule has 2 aromatic rings. The lowest BCUT2D eigenvalue weighted by Crippen LogP contribution is -2.53. The van der Waals surface area contributed by atoms with Crippen LogP contribution in [0, 0.1) is 0 Å². The van der Waals surface area contributed by atoms with E-state index in [0.717, 1.165) is 50.6 Å². The number of nitrogens with zero attached hydrogens (tertiary/aromatic N) is 3. The van der Waals surface area contributed by atoms with Crippen molar-refractivity contribution in [3.05, 3.63) is 65.7 Å². The fraction of sp³-hybridized carbons (Fsp3) is 0.435. The van der Waals surface area contributed by atoms with E-state index in [0.29, 0.717) is 0 Å². The van der Waals surface area contributed by atoms with Crippen molar-refractivity contribution in [1.82, 2.24) is 14.7 Å². The highest BCUT2D eigenvalue weighted by Crippen LogP contribution is 2.16. The highest BCUT2D eigenvalue weighted by molar-refractivity contribution is 5.81. The van der Waals surface area contributed by atoms with Gasteiger partial charge in [0.15, 0.2) is 0 Å². The zero-order valence-corrected chi connectivity index (χ0v) is 17.2. The zero-order valence-electron chi connectivity index (χ0n) is 17.2. The molecule has 1 amide bonds. The van der Waals surface area contributed by atoms with Crippen LogP contribution in [-0.4, -0.2) is 67.0 Å². The summed E-state index contributed by atoms with van der Waals surface area (Å²) in [5.41, 5.74) is 2.47. The Kier molecular flexibility index (Phi) is 7.06. The summed E-state index contributed by atoms with van der Waals surface area (Å²) in [6.45, 7) is 7.11. The van der Waals surface area contributed by atoms with Gasteiger partial charge >= 0.3 is 0 Å². The molecule has 28 heavy (non-hydrogen) atoms. The summed E-state index contributed by atoms with van der Waals surface area (Å²) in [7, 11) is 3.68. The van der Waals surface area contributed by atoms with Gasteiger partial charge in [0.2, 0.25) is 5.91 Å². The number of methoxy groups -OCH3 is 1. The minimum absolute atomic E-state index is 0.146. The molecule has 0 N–H and O–H groups in total. The van der Waals surface area contributed by atoms with Gasteiger partial charge in [0.25, 0.3) is 0 Å². The molecule has 0 aliphatic carbocycles. The third kappa shape index (κ3) is 5.33. The Morgan fingerprint density at radius 3 is 2.39 bits per heavy atom. The van der Waals surface area contributed by atoms with E-state index in [-0.39, 0.29) is 11.9 Å². The number of ether oxygens (including phenoxy) is 1. The molecule has 1 fully saturated rings. The predicted octanol–water partition coefficient (Wildman–Crippen LogP) is 2.86. The number of rotatable bonds is 7. The van der Waals surface area contributed by atoms with Crippen LogP contribution in [0.3, 0.4) is 0 Å². The van der Waals surface area contributed by atoms with Crippen molar-refractivity contribution < 1.29 is 9.53 Å². The lowest BCUT2D eigenvalue weighted by Gasteiger charge is -2.37. The normalized spacial score (nSPS) is 16.2. The van der Waals surface area contributed by atoms with E-state index in [4.69, 9.17) is 4.74 Å². The lowest BCUT2D eigenvalue weighted by atomic mass is 10.1. The van der Waals surface area contributed by atoms with E-state index in [2.05, 4.69) is 40.1 Å². The maximum absolute atomic E-state index is 13.0. The molecule has 5 nitrogen and oxygen atoms in total. The minimum atomic E-state index is -0.146. The molecule has 2 aromatic carbocycles. The zero-order chi connectivity index (χ0) is 19.9. The van der Waals surface area contributed by atoms with Crippen molar-refractivity contribution in [1.29, 1.82) is 0 Å². The van der Waals surface area contributed by atoms with E-state index in [9.17, 15) is 4.79 Å². The molecule has 150 valence electrons. The van der Waals surface area contributed by atoms with Crippen molar-refractivity contribution >= 4 is 5.91 Å². The first kappa shape index (κ1) is 20.4. The maximum atomic E-state index is 13.0. The quantitative estimate of drug-likeness (QED) is 0.739. The van der Waals surface area contributed by atoms with Gasteiger partial charge in [-0.05, 0) is 37.2 Å². The highest BCUT2D eigenvalue weighted by Gasteiger charge is 2.27. The Balaban J connectivity index is 1.49. The number of hydrogen-bond donors (Lipinski definition) is 0. The SMILES string of the molecule is COc1cccc(CN(C)[C@H](C)C(=O)N2CCN(Cc3ccccc3)CC2)c1. The third-order valence-corrected chi connectivity index (χ3v) is 5.52. The van der Waals surface area contributed by atoms with Gasteiger partial charge < -0.3 is 9.64 Å². The topological polar surface area (TPSA) is 36.0 Å². The summed E-state index contributed by atoms with van der Waals surface area (Å²) in [4.78, 5) is 19.5. The second-order valence-corrected chi connectivity index (χ2v) is 7.53. The maximum Gasteiger partial charge on any atom is 0.239 e. The molecule has 1 aliphatic heterocycles. The Hall–Kier alpha value is -2.37. The molecule has 0 bridgehead atoms. The molecule has 3 rings (SSSR count). The first-order valence-corrected chi connectivity index (χ1v) is 9.95. The molecule has 1 atom stereocenters. The summed E-state index contributed by atoms with van der Waals surface area (Å²) in [5, 5.41) is 0. The van der Waals surface area contributed by atoms with Crippen LogP contribution in [0.2, 0.25) is 0 Å². The smallest absolute Gasteiger partial charge is 0.239 e. The van der Waals surface area contributed by atoms with Crippen molar-refractivity contribution in [3.63, 3.8) is 0 Å². The number of amides is 1. The average Bonchev–Trinajstić information content (AvgIpc) is 2.74. The number of benzene rings is 2. The molecular weight excluding hydrogens is 350 g/mol. The van der Waals surface area contributed by atoms with Gasteiger partial charge in [-0.3, -0.25) is 14.6 Å². The fourth-order valence-corrected chi connectivity index (χ4v) is 3.62. The lowest BCUT2D eigenvalue weighted by molar-refractivity contribution is -0.138. The van der Waals surface area contributed by atoms with Gasteiger partial charge in [-0.25, -0.2) is 0 Å². The van der Waals surface area contributed by atoms with Crippen LogP contribution >= 0.6 is 0 Å². The minimum Gasteiger partial charge on any atom is -0.497 e. The first-order chi connectivity index (χ1) is 13.6. The Morgan fingerprint density at radius 2 is 1.71 bits per heavy atom. The van der Waals surface area contributed by atoms with Gasteiger partial charge in [-0.1, -0.05) is 42.5 Å². The molecule has 1 saturated heterocycles. The number of likely N-dealkylation sites (N-methyl/N-ethyl adjacent to an activating group) is 1. The van der Waals surface area contributed by atoms with Crippen LogP contribution in [-0.2, 0) is 17.9 Å². The molecule has 1 aliphatic rings. The highest BCUT2D eigenvalue weighted by atomic mass is 16.5. The van der Waals surface area contributed by atoms with Crippen LogP contribution < -0.4 is 4.74 Å². The van der Waals surface area contributed by atoms with Crippen LogP contribution in [0.15, 0.2) is 54.6 Å². The largest absolute Gasteiger partial charge is 0.497 e. The summed E-state index contributed by atoms with van der Waals surface area (Å²) < 4.78 is 5.29. The number of carbonyl (C=O) groups excluding carboxylic acids is 1. The predicted molar refractivity (Wildman–Crippen MR) is 112 cm³/mol. The van der Waals surface area contributed by atoms with Crippen molar-refractivity contribution in [2.75, 3.05) is 40.3 Å². The first-order valence-electron chi connectivity index (χ1n) is 9.95. The fourth-order valence-electron chi connectivity index (χ4n) is 3.62. The summed E-state index contributed by atoms with van der Waals surface area (Å²) in [5.74, 6) is 1.06. The number of piperazine rings is 1. The Bertz CT molecular complexity index is 757. The van der Waals surface area contributed by atoms with E-state index in [1.165, 1.54) is 5.56 Å². The van der Waals surface area contributed by atoms with Gasteiger partial charge in [0, 0.05) is 39.3 Å². The molecule has 0 unspecified atom stereocenters. The third-order valence-electron chi connectivity index (χ3n) is 5.52. The van der Waals surface area contributed by atoms with Crippen LogP contribution in [0.4, 0.5) is 0 Å². The molecule has 0 spiro atoms. The summed E-state index contributed by atoms with van der Waals surface area (Å²) >= 11 is 0.